The Kier molecular flexibility index (Phi) is 8.48. The number of hydrogen-bond acceptors (Lipinski definition) is 5. The van der Waals surface area contributed by atoms with E-state index in [0.717, 1.165) is 5.56 Å². The molecule has 0 aliphatic heterocycles. The average Bonchev–Trinajstić information content (AvgIpc) is 2.68. The molecule has 27 heavy (non-hydrogen) atoms. The summed E-state index contributed by atoms with van der Waals surface area (Å²) < 4.78 is 11.1. The summed E-state index contributed by atoms with van der Waals surface area (Å²) >= 11 is 1.41. The zero-order valence-corrected chi connectivity index (χ0v) is 16.8. The number of carbonyl (C=O) groups excluding carboxylic acids is 1. The fraction of sp³-hybridized carbons (Fsp3) is 0.381. The largest absolute Gasteiger partial charge is 0.490 e. The van der Waals surface area contributed by atoms with Gasteiger partial charge in [-0.1, -0.05) is 30.3 Å². The summed E-state index contributed by atoms with van der Waals surface area (Å²) in [6, 6.07) is 14.8. The van der Waals surface area contributed by atoms with Gasteiger partial charge in [0.1, 0.15) is 0 Å². The van der Waals surface area contributed by atoms with Gasteiger partial charge in [-0.25, -0.2) is 0 Å². The molecule has 146 valence electrons. The van der Waals surface area contributed by atoms with Crippen molar-refractivity contribution in [1.29, 1.82) is 0 Å². The summed E-state index contributed by atoms with van der Waals surface area (Å²) in [5.41, 5.74) is 1.51. The van der Waals surface area contributed by atoms with E-state index in [9.17, 15) is 9.90 Å². The third kappa shape index (κ3) is 6.48. The highest BCUT2D eigenvalue weighted by molar-refractivity contribution is 8.00. The molecule has 2 unspecified atom stereocenters. The fourth-order valence-corrected chi connectivity index (χ4v) is 3.33. The molecule has 1 amide bonds. The van der Waals surface area contributed by atoms with Crippen LogP contribution in [0.4, 0.5) is 5.69 Å². The SMILES string of the molecule is CCOc1ccc(NC(=O)C(C)SCC(O)c2ccccc2)cc1OCC. The van der Waals surface area contributed by atoms with Crippen LogP contribution in [0.2, 0.25) is 0 Å². The van der Waals surface area contributed by atoms with Crippen molar-refractivity contribution in [3.05, 3.63) is 54.1 Å². The highest BCUT2D eigenvalue weighted by Gasteiger charge is 2.17. The van der Waals surface area contributed by atoms with Crippen LogP contribution < -0.4 is 14.8 Å². The summed E-state index contributed by atoms with van der Waals surface area (Å²) in [6.07, 6.45) is -0.596. The molecule has 2 aromatic carbocycles. The number of aliphatic hydroxyl groups excluding tert-OH is 1. The van der Waals surface area contributed by atoms with Gasteiger partial charge in [0.15, 0.2) is 11.5 Å². The summed E-state index contributed by atoms with van der Waals surface area (Å²) in [5.74, 6) is 1.60. The number of thioether (sulfide) groups is 1. The van der Waals surface area contributed by atoms with Crippen LogP contribution in [0, 0.1) is 0 Å². The highest BCUT2D eigenvalue weighted by atomic mass is 32.2. The van der Waals surface area contributed by atoms with Gasteiger partial charge in [-0.05, 0) is 38.5 Å². The van der Waals surface area contributed by atoms with Gasteiger partial charge in [-0.15, -0.1) is 11.8 Å². The molecule has 5 nitrogen and oxygen atoms in total. The summed E-state index contributed by atoms with van der Waals surface area (Å²) in [6.45, 7) is 6.70. The zero-order valence-electron chi connectivity index (χ0n) is 16.0. The molecule has 0 heterocycles. The Balaban J connectivity index is 1.92. The third-order valence-electron chi connectivity index (χ3n) is 3.87. The summed E-state index contributed by atoms with van der Waals surface area (Å²) in [4.78, 5) is 12.5. The average molecular weight is 390 g/mol. The van der Waals surface area contributed by atoms with E-state index in [1.165, 1.54) is 11.8 Å². The van der Waals surface area contributed by atoms with Crippen molar-refractivity contribution in [1.82, 2.24) is 0 Å². The van der Waals surface area contributed by atoms with Crippen molar-refractivity contribution in [2.75, 3.05) is 24.3 Å². The molecule has 0 aliphatic carbocycles. The minimum atomic E-state index is -0.596. The Morgan fingerprint density at radius 3 is 2.41 bits per heavy atom. The molecule has 2 atom stereocenters. The van der Waals surface area contributed by atoms with Crippen molar-refractivity contribution >= 4 is 23.4 Å². The quantitative estimate of drug-likeness (QED) is 0.635. The number of carbonyl (C=O) groups is 1. The minimum Gasteiger partial charge on any atom is -0.490 e. The van der Waals surface area contributed by atoms with Crippen LogP contribution in [-0.4, -0.2) is 35.2 Å². The molecule has 6 heteroatoms. The molecule has 0 spiro atoms. The van der Waals surface area contributed by atoms with Gasteiger partial charge in [0.05, 0.1) is 24.6 Å². The van der Waals surface area contributed by atoms with E-state index < -0.39 is 6.10 Å². The van der Waals surface area contributed by atoms with Gasteiger partial charge in [-0.3, -0.25) is 4.79 Å². The van der Waals surface area contributed by atoms with E-state index in [4.69, 9.17) is 9.47 Å². The predicted octanol–water partition coefficient (Wildman–Crippen LogP) is 4.28. The summed E-state index contributed by atoms with van der Waals surface area (Å²) in [7, 11) is 0. The van der Waals surface area contributed by atoms with Crippen LogP contribution in [0.25, 0.3) is 0 Å². The molecule has 2 aromatic rings. The molecule has 0 saturated heterocycles. The van der Waals surface area contributed by atoms with E-state index in [1.54, 1.807) is 18.2 Å². The fourth-order valence-electron chi connectivity index (χ4n) is 2.46. The maximum absolute atomic E-state index is 12.5. The number of anilines is 1. The van der Waals surface area contributed by atoms with Gasteiger partial charge in [0.25, 0.3) is 0 Å². The van der Waals surface area contributed by atoms with Crippen molar-refractivity contribution in [3.8, 4) is 11.5 Å². The van der Waals surface area contributed by atoms with E-state index in [2.05, 4.69) is 5.32 Å². The number of ether oxygens (including phenoxy) is 2. The van der Waals surface area contributed by atoms with E-state index in [0.29, 0.717) is 36.2 Å². The first-order valence-corrected chi connectivity index (χ1v) is 10.1. The Morgan fingerprint density at radius 2 is 1.74 bits per heavy atom. The van der Waals surface area contributed by atoms with Gasteiger partial charge in [-0.2, -0.15) is 0 Å². The Hall–Kier alpha value is -2.18. The van der Waals surface area contributed by atoms with Gasteiger partial charge in [0, 0.05) is 17.5 Å². The first-order valence-electron chi connectivity index (χ1n) is 9.10. The van der Waals surface area contributed by atoms with Gasteiger partial charge in [0.2, 0.25) is 5.91 Å². The predicted molar refractivity (Wildman–Crippen MR) is 111 cm³/mol. The topological polar surface area (TPSA) is 67.8 Å². The molecule has 0 aromatic heterocycles. The Morgan fingerprint density at radius 1 is 1.07 bits per heavy atom. The van der Waals surface area contributed by atoms with E-state index >= 15 is 0 Å². The van der Waals surface area contributed by atoms with Crippen molar-refractivity contribution in [2.45, 2.75) is 32.1 Å². The number of nitrogens with one attached hydrogen (secondary N) is 1. The molecule has 0 fully saturated rings. The number of amides is 1. The molecule has 0 radical (unpaired) electrons. The third-order valence-corrected chi connectivity index (χ3v) is 5.09. The lowest BCUT2D eigenvalue weighted by Gasteiger charge is -2.16. The normalized spacial score (nSPS) is 12.9. The highest BCUT2D eigenvalue weighted by Crippen LogP contribution is 2.31. The van der Waals surface area contributed by atoms with E-state index in [1.807, 2.05) is 51.1 Å². The van der Waals surface area contributed by atoms with Gasteiger partial charge < -0.3 is 19.9 Å². The van der Waals surface area contributed by atoms with Crippen LogP contribution in [0.1, 0.15) is 32.4 Å². The lowest BCUT2D eigenvalue weighted by Crippen LogP contribution is -2.23. The van der Waals surface area contributed by atoms with Crippen LogP contribution >= 0.6 is 11.8 Å². The van der Waals surface area contributed by atoms with Gasteiger partial charge >= 0.3 is 0 Å². The van der Waals surface area contributed by atoms with Crippen molar-refractivity contribution < 1.29 is 19.4 Å². The standard InChI is InChI=1S/C21H27NO4S/c1-4-25-19-12-11-17(13-20(19)26-5-2)22-21(24)15(3)27-14-18(23)16-9-7-6-8-10-16/h6-13,15,18,23H,4-5,14H2,1-3H3,(H,22,24). The zero-order chi connectivity index (χ0) is 19.6. The number of rotatable bonds is 10. The smallest absolute Gasteiger partial charge is 0.237 e. The minimum absolute atomic E-state index is 0.119. The first-order chi connectivity index (χ1) is 13.0. The Bertz CT molecular complexity index is 723. The number of benzene rings is 2. The maximum atomic E-state index is 12.5. The maximum Gasteiger partial charge on any atom is 0.237 e. The number of hydrogen-bond donors (Lipinski definition) is 2. The first kappa shape index (κ1) is 21.1. The molecule has 0 saturated carbocycles. The molecule has 2 rings (SSSR count). The molecule has 0 bridgehead atoms. The molecule has 2 N–H and O–H groups in total. The second-order valence-electron chi connectivity index (χ2n) is 5.92. The monoisotopic (exact) mass is 389 g/mol. The van der Waals surface area contributed by atoms with Crippen LogP contribution in [-0.2, 0) is 4.79 Å². The molecular formula is C21H27NO4S. The molecular weight excluding hydrogens is 362 g/mol. The van der Waals surface area contributed by atoms with Crippen molar-refractivity contribution in [3.63, 3.8) is 0 Å². The Labute approximate surface area is 165 Å². The van der Waals surface area contributed by atoms with E-state index in [-0.39, 0.29) is 11.2 Å². The second-order valence-corrected chi connectivity index (χ2v) is 7.29. The lowest BCUT2D eigenvalue weighted by molar-refractivity contribution is -0.115. The summed E-state index contributed by atoms with van der Waals surface area (Å²) in [5, 5.41) is 12.8. The van der Waals surface area contributed by atoms with Crippen molar-refractivity contribution in [2.24, 2.45) is 0 Å². The van der Waals surface area contributed by atoms with Crippen LogP contribution in [0.15, 0.2) is 48.5 Å². The molecule has 0 aliphatic rings. The van der Waals surface area contributed by atoms with Crippen LogP contribution in [0.5, 0.6) is 11.5 Å². The lowest BCUT2D eigenvalue weighted by atomic mass is 10.1. The van der Waals surface area contributed by atoms with Crippen LogP contribution in [0.3, 0.4) is 0 Å². The second kappa shape index (κ2) is 10.8. The number of aliphatic hydroxyl groups is 1.